The second-order valence-corrected chi connectivity index (χ2v) is 19.5. The van der Waals surface area contributed by atoms with Crippen molar-refractivity contribution in [2.45, 2.75) is 120 Å². The second-order valence-electron chi connectivity index (χ2n) is 17.3. The van der Waals surface area contributed by atoms with Gasteiger partial charge >= 0.3 is 12.3 Å². The molecule has 0 unspecified atom stereocenters. The molecule has 6 rings (SSSR count). The number of alkyl carbamates (subject to hydrolysis) is 1. The molecule has 2 saturated carbocycles. The van der Waals surface area contributed by atoms with Crippen LogP contribution >= 0.6 is 0 Å². The van der Waals surface area contributed by atoms with Crippen LogP contribution in [0.4, 0.5) is 18.0 Å². The number of carbonyl (C=O) groups excluding carboxylic acids is 4. The number of nitrogens with zero attached hydrogens (tertiary/aromatic N) is 2. The summed E-state index contributed by atoms with van der Waals surface area (Å²) in [5, 5.41) is 6.42. The highest BCUT2D eigenvalue weighted by Gasteiger charge is 2.63. The van der Waals surface area contributed by atoms with Gasteiger partial charge in [-0.1, -0.05) is 44.2 Å². The molecule has 1 aromatic carbocycles. The van der Waals surface area contributed by atoms with Gasteiger partial charge in [-0.3, -0.25) is 19.1 Å². The lowest BCUT2D eigenvalue weighted by Gasteiger charge is -2.34. The number of rotatable bonds is 11. The summed E-state index contributed by atoms with van der Waals surface area (Å²) < 4.78 is 91.0. The van der Waals surface area contributed by atoms with Crippen molar-refractivity contribution >= 4 is 44.6 Å². The topological polar surface area (TPSA) is 192 Å². The van der Waals surface area contributed by atoms with Crippen molar-refractivity contribution in [1.29, 1.82) is 0 Å². The Morgan fingerprint density at radius 2 is 1.77 bits per heavy atom. The van der Waals surface area contributed by atoms with Crippen LogP contribution in [0.3, 0.4) is 0 Å². The third-order valence-electron chi connectivity index (χ3n) is 12.1. The van der Waals surface area contributed by atoms with Crippen LogP contribution in [0.2, 0.25) is 0 Å². The molecule has 1 aromatic heterocycles. The van der Waals surface area contributed by atoms with E-state index in [9.17, 15) is 40.8 Å². The molecule has 3 N–H and O–H groups in total. The van der Waals surface area contributed by atoms with Crippen molar-refractivity contribution in [2.75, 3.05) is 26.9 Å². The van der Waals surface area contributed by atoms with E-state index in [4.69, 9.17) is 18.9 Å². The number of sulfonamides is 1. The number of halogens is 3. The number of pyridine rings is 1. The van der Waals surface area contributed by atoms with Gasteiger partial charge in [0.2, 0.25) is 33.3 Å². The lowest BCUT2D eigenvalue weighted by Crippen LogP contribution is -2.59. The van der Waals surface area contributed by atoms with E-state index in [1.807, 2.05) is 25.1 Å². The summed E-state index contributed by atoms with van der Waals surface area (Å²) in [6, 6.07) is 4.38. The van der Waals surface area contributed by atoms with Crippen LogP contribution in [0, 0.1) is 17.8 Å². The Bertz CT molecular complexity index is 2110. The molecule has 2 aliphatic carbocycles. The molecule has 7 atom stereocenters. The Balaban J connectivity index is 1.35. The molecule has 330 valence electrons. The van der Waals surface area contributed by atoms with Gasteiger partial charge < -0.3 is 34.5 Å². The molecular weight excluding hydrogens is 812 g/mol. The van der Waals surface area contributed by atoms with Gasteiger partial charge in [0.1, 0.15) is 36.1 Å². The molecule has 15 nitrogen and oxygen atoms in total. The molecule has 4 amide bonds. The fraction of sp³-hybridized carbons (Fsp3) is 0.634. The minimum Gasteiger partial charge on any atom is -0.489 e. The summed E-state index contributed by atoms with van der Waals surface area (Å²) in [6.07, 6.45) is 0.0669. The summed E-state index contributed by atoms with van der Waals surface area (Å²) in [5.41, 5.74) is -4.54. The highest BCUT2D eigenvalue weighted by atomic mass is 32.2. The fourth-order valence-electron chi connectivity index (χ4n) is 7.79. The number of aromatic nitrogens is 1. The molecule has 60 heavy (non-hydrogen) atoms. The lowest BCUT2D eigenvalue weighted by molar-refractivity contribution is -0.244. The number of methoxy groups -OCH3 is 1. The quantitative estimate of drug-likeness (QED) is 0.205. The maximum atomic E-state index is 14.8. The van der Waals surface area contributed by atoms with Gasteiger partial charge in [-0.2, -0.15) is 13.2 Å². The molecule has 3 fully saturated rings. The molecule has 2 aliphatic heterocycles. The number of carbonyl (C=O) groups is 4. The van der Waals surface area contributed by atoms with Crippen LogP contribution in [0.1, 0.15) is 79.6 Å². The van der Waals surface area contributed by atoms with E-state index in [-0.39, 0.29) is 37.8 Å². The van der Waals surface area contributed by atoms with Gasteiger partial charge in [-0.15, -0.1) is 0 Å². The van der Waals surface area contributed by atoms with Gasteiger partial charge in [0.05, 0.1) is 24.1 Å². The largest absolute Gasteiger partial charge is 0.489 e. The van der Waals surface area contributed by atoms with Gasteiger partial charge in [-0.25, -0.2) is 18.2 Å². The number of hydrogen-bond acceptors (Lipinski definition) is 11. The Labute approximate surface area is 347 Å². The first-order chi connectivity index (χ1) is 28.1. The number of fused-ring (bicyclic) bond motifs is 3. The smallest absolute Gasteiger partial charge is 0.427 e. The van der Waals surface area contributed by atoms with E-state index in [1.54, 1.807) is 32.2 Å². The molecule has 0 bridgehead atoms. The SMILES string of the molecule is COCCOc1cnc(O[C@@H]2C[C@H]3C(=O)N[C@]4(C(=O)NS(=O)(=O)C5(C)CC5)C[C@H]4/C=C\CC[C@@H](C)C[C@@H](C)[C@H](NC(=O)OC(C)(C)C(F)(F)F)C(=O)N3C2)c2ccccc12. The number of nitrogens with one attached hydrogen (secondary N) is 3. The summed E-state index contributed by atoms with van der Waals surface area (Å²) in [6.45, 7) is 6.91. The van der Waals surface area contributed by atoms with Crippen LogP contribution in [0.5, 0.6) is 11.6 Å². The Morgan fingerprint density at radius 1 is 1.07 bits per heavy atom. The first-order valence-electron chi connectivity index (χ1n) is 20.2. The molecule has 3 heterocycles. The normalized spacial score (nSPS) is 28.9. The van der Waals surface area contributed by atoms with Crippen LogP contribution < -0.4 is 24.8 Å². The first kappa shape index (κ1) is 44.9. The maximum absolute atomic E-state index is 14.8. The van der Waals surface area contributed by atoms with Crippen molar-refractivity contribution < 1.29 is 59.7 Å². The summed E-state index contributed by atoms with van der Waals surface area (Å²) in [7, 11) is -2.54. The number of amides is 4. The minimum absolute atomic E-state index is 0.0442. The molecule has 19 heteroatoms. The highest BCUT2D eigenvalue weighted by Crippen LogP contribution is 2.48. The zero-order valence-electron chi connectivity index (χ0n) is 34.6. The molecular formula is C41H54F3N5O10S. The van der Waals surface area contributed by atoms with Crippen LogP contribution in [0.15, 0.2) is 42.6 Å². The summed E-state index contributed by atoms with van der Waals surface area (Å²) >= 11 is 0. The highest BCUT2D eigenvalue weighted by molar-refractivity contribution is 7.91. The van der Waals surface area contributed by atoms with E-state index in [2.05, 4.69) is 20.3 Å². The van der Waals surface area contributed by atoms with E-state index in [1.165, 1.54) is 18.0 Å². The summed E-state index contributed by atoms with van der Waals surface area (Å²) in [5.74, 6) is -3.08. The monoisotopic (exact) mass is 865 g/mol. The Morgan fingerprint density at radius 3 is 2.43 bits per heavy atom. The Hall–Kier alpha value is -4.65. The van der Waals surface area contributed by atoms with Crippen LogP contribution in [-0.4, -0.2) is 109 Å². The molecule has 4 aliphatic rings. The third kappa shape index (κ3) is 9.46. The van der Waals surface area contributed by atoms with E-state index < -0.39 is 85.9 Å². The van der Waals surface area contributed by atoms with Crippen molar-refractivity contribution in [3.8, 4) is 11.6 Å². The van der Waals surface area contributed by atoms with Crippen LogP contribution in [-0.2, 0) is 33.9 Å². The van der Waals surface area contributed by atoms with Crippen LogP contribution in [0.25, 0.3) is 10.8 Å². The second kappa shape index (κ2) is 17.0. The first-order valence-corrected chi connectivity index (χ1v) is 21.7. The lowest BCUT2D eigenvalue weighted by atomic mass is 9.88. The predicted molar refractivity (Wildman–Crippen MR) is 212 cm³/mol. The molecule has 1 saturated heterocycles. The zero-order chi connectivity index (χ0) is 43.8. The Kier molecular flexibility index (Phi) is 12.7. The van der Waals surface area contributed by atoms with E-state index >= 15 is 0 Å². The predicted octanol–water partition coefficient (Wildman–Crippen LogP) is 4.93. The van der Waals surface area contributed by atoms with Crippen molar-refractivity contribution in [2.24, 2.45) is 17.8 Å². The van der Waals surface area contributed by atoms with Crippen molar-refractivity contribution in [3.63, 3.8) is 0 Å². The molecule has 0 radical (unpaired) electrons. The fourth-order valence-corrected chi connectivity index (χ4v) is 9.10. The average Bonchev–Trinajstić information content (AvgIpc) is 4.05. The van der Waals surface area contributed by atoms with Gasteiger partial charge in [0, 0.05) is 30.2 Å². The van der Waals surface area contributed by atoms with Gasteiger partial charge in [0.25, 0.3) is 5.91 Å². The number of alkyl halides is 3. The third-order valence-corrected chi connectivity index (χ3v) is 14.3. The number of allylic oxidation sites excluding steroid dienone is 1. The molecule has 2 aromatic rings. The minimum atomic E-state index is -4.92. The molecule has 0 spiro atoms. The standard InChI is InChI=1S/C41H54F3N5O10S/c1-24-11-7-8-12-26-21-40(26,36(52)48-60(54,55)39(5)15-16-39)47-33(50)30-20-27(58-34-29-14-10-9-13-28(29)31(22-45-34)57-18-17-56-6)23-49(30)35(51)32(25(2)19-24)46-37(53)59-38(3,4)41(42,43)44/h8-10,12-14,22,24-27,30,32H,7,11,15-21,23H2,1-6H3,(H,46,53)(H,47,50)(H,48,52)/b12-8-/t24-,25-,26-,27-,30+,32+,40-/m1/s1. The number of benzene rings is 1. The van der Waals surface area contributed by atoms with E-state index in [0.29, 0.717) is 69.1 Å². The number of ether oxygens (including phenoxy) is 4. The maximum Gasteiger partial charge on any atom is 0.427 e. The van der Waals surface area contributed by atoms with Crippen molar-refractivity contribution in [3.05, 3.63) is 42.6 Å². The van der Waals surface area contributed by atoms with Gasteiger partial charge in [0.15, 0.2) is 0 Å². The van der Waals surface area contributed by atoms with Crippen molar-refractivity contribution in [1.82, 2.24) is 25.2 Å². The summed E-state index contributed by atoms with van der Waals surface area (Å²) in [4.78, 5) is 62.1. The van der Waals surface area contributed by atoms with E-state index in [0.717, 1.165) is 0 Å². The zero-order valence-corrected chi connectivity index (χ0v) is 35.4. The van der Waals surface area contributed by atoms with Gasteiger partial charge in [-0.05, 0) is 77.2 Å². The average molecular weight is 866 g/mol. The number of hydrogen-bond donors (Lipinski definition) is 3.